The normalized spacial score (nSPS) is 18.3. The van der Waals surface area contributed by atoms with Crippen molar-refractivity contribution in [1.29, 1.82) is 0 Å². The molecule has 2 rings (SSSR count). The molecule has 0 unspecified atom stereocenters. The van der Waals surface area contributed by atoms with Crippen LogP contribution in [0.15, 0.2) is 18.2 Å². The van der Waals surface area contributed by atoms with Crippen molar-refractivity contribution < 1.29 is 9.47 Å². The first-order valence-electron chi connectivity index (χ1n) is 6.10. The van der Waals surface area contributed by atoms with E-state index in [9.17, 15) is 0 Å². The molecule has 3 nitrogen and oxygen atoms in total. The predicted octanol–water partition coefficient (Wildman–Crippen LogP) is 2.95. The van der Waals surface area contributed by atoms with Gasteiger partial charge in [-0.2, -0.15) is 0 Å². The summed E-state index contributed by atoms with van der Waals surface area (Å²) in [4.78, 5) is 0. The molecule has 100 valence electrons. The van der Waals surface area contributed by atoms with Crippen molar-refractivity contribution in [2.45, 2.75) is 26.3 Å². The maximum atomic E-state index is 6.21. The molecule has 18 heavy (non-hydrogen) atoms. The zero-order valence-corrected chi connectivity index (χ0v) is 11.9. The van der Waals surface area contributed by atoms with E-state index in [-0.39, 0.29) is 5.41 Å². The highest BCUT2D eigenvalue weighted by atomic mass is 35.5. The van der Waals surface area contributed by atoms with E-state index in [4.69, 9.17) is 26.8 Å². The van der Waals surface area contributed by atoms with Crippen molar-refractivity contribution in [1.82, 2.24) is 0 Å². The first kappa shape index (κ1) is 13.7. The van der Waals surface area contributed by atoms with E-state index < -0.39 is 5.54 Å². The van der Waals surface area contributed by atoms with E-state index in [0.29, 0.717) is 17.4 Å². The molecule has 0 aliphatic carbocycles. The lowest BCUT2D eigenvalue weighted by atomic mass is 9.90. The van der Waals surface area contributed by atoms with Gasteiger partial charge in [0.05, 0.1) is 24.8 Å². The molecule has 1 aromatic carbocycles. The topological polar surface area (TPSA) is 44.5 Å². The molecule has 0 saturated carbocycles. The van der Waals surface area contributed by atoms with E-state index in [1.165, 1.54) is 0 Å². The second-order valence-corrected chi connectivity index (χ2v) is 6.37. The fourth-order valence-corrected chi connectivity index (χ4v) is 2.04. The molecule has 4 heteroatoms. The molecule has 1 fully saturated rings. The largest absolute Gasteiger partial charge is 0.491 e. The first-order chi connectivity index (χ1) is 8.30. The zero-order chi connectivity index (χ0) is 13.4. The van der Waals surface area contributed by atoms with Gasteiger partial charge in [-0.05, 0) is 31.5 Å². The van der Waals surface area contributed by atoms with Crippen LogP contribution in [-0.2, 0) is 10.3 Å². The van der Waals surface area contributed by atoms with Gasteiger partial charge in [0, 0.05) is 11.0 Å². The van der Waals surface area contributed by atoms with Crippen LogP contribution in [0.4, 0.5) is 0 Å². The van der Waals surface area contributed by atoms with Gasteiger partial charge < -0.3 is 15.2 Å². The number of hydrogen-bond donors (Lipinski definition) is 1. The lowest BCUT2D eigenvalue weighted by Gasteiger charge is -2.37. The maximum Gasteiger partial charge on any atom is 0.137 e. The van der Waals surface area contributed by atoms with Gasteiger partial charge in [-0.15, -0.1) is 0 Å². The zero-order valence-electron chi connectivity index (χ0n) is 11.1. The minimum Gasteiger partial charge on any atom is -0.491 e. The fourth-order valence-electron chi connectivity index (χ4n) is 1.80. The van der Waals surface area contributed by atoms with E-state index >= 15 is 0 Å². The Morgan fingerprint density at radius 1 is 1.44 bits per heavy atom. The summed E-state index contributed by atoms with van der Waals surface area (Å²) in [7, 11) is 0. The Hall–Kier alpha value is -0.770. The van der Waals surface area contributed by atoms with Crippen LogP contribution in [0, 0.1) is 5.41 Å². The molecule has 1 saturated heterocycles. The van der Waals surface area contributed by atoms with Crippen LogP contribution < -0.4 is 10.5 Å². The summed E-state index contributed by atoms with van der Waals surface area (Å²) in [5, 5.41) is 0.606. The molecule has 1 aliphatic heterocycles. The highest BCUT2D eigenvalue weighted by Crippen LogP contribution is 2.32. The molecule has 0 bridgehead atoms. The summed E-state index contributed by atoms with van der Waals surface area (Å²) in [5.74, 6) is 0.706. The third-order valence-electron chi connectivity index (χ3n) is 3.15. The van der Waals surface area contributed by atoms with Crippen LogP contribution in [0.2, 0.25) is 5.02 Å². The third-order valence-corrected chi connectivity index (χ3v) is 3.45. The number of nitrogens with two attached hydrogens (primary N) is 1. The smallest absolute Gasteiger partial charge is 0.137 e. The summed E-state index contributed by atoms with van der Waals surface area (Å²) in [6.45, 7) is 8.16. The summed E-state index contributed by atoms with van der Waals surface area (Å²) in [5.41, 5.74) is 6.76. The van der Waals surface area contributed by atoms with Crippen LogP contribution in [0.25, 0.3) is 0 Å². The van der Waals surface area contributed by atoms with Crippen molar-refractivity contribution in [3.8, 4) is 5.75 Å². The van der Waals surface area contributed by atoms with Gasteiger partial charge in [-0.1, -0.05) is 24.6 Å². The van der Waals surface area contributed by atoms with Gasteiger partial charge in [0.2, 0.25) is 0 Å². The summed E-state index contributed by atoms with van der Waals surface area (Å²) in [6.07, 6.45) is 0. The molecule has 0 radical (unpaired) electrons. The van der Waals surface area contributed by atoms with Crippen molar-refractivity contribution in [2.75, 3.05) is 19.8 Å². The first-order valence-corrected chi connectivity index (χ1v) is 6.47. The molecule has 0 spiro atoms. The minimum absolute atomic E-state index is 0.120. The number of halogens is 1. The van der Waals surface area contributed by atoms with Crippen LogP contribution in [-0.4, -0.2) is 19.8 Å². The highest BCUT2D eigenvalue weighted by Gasteiger charge is 2.34. The number of hydrogen-bond acceptors (Lipinski definition) is 3. The van der Waals surface area contributed by atoms with E-state index in [2.05, 4.69) is 6.92 Å². The number of ether oxygens (including phenoxy) is 2. The Kier molecular flexibility index (Phi) is 3.58. The third kappa shape index (κ3) is 2.97. The standard InChI is InChI=1S/C14H20ClNO2/c1-13(2,16)10-4-5-12(11(15)6-10)18-9-14(3)7-17-8-14/h4-6H,7-9,16H2,1-3H3. The molecule has 0 atom stereocenters. The van der Waals surface area contributed by atoms with Crippen molar-refractivity contribution >= 4 is 11.6 Å². The highest BCUT2D eigenvalue weighted by molar-refractivity contribution is 6.32. The van der Waals surface area contributed by atoms with Gasteiger partial charge in [0.15, 0.2) is 0 Å². The number of benzene rings is 1. The molecular weight excluding hydrogens is 250 g/mol. The van der Waals surface area contributed by atoms with Gasteiger partial charge >= 0.3 is 0 Å². The fraction of sp³-hybridized carbons (Fsp3) is 0.571. The number of rotatable bonds is 4. The molecule has 1 heterocycles. The second-order valence-electron chi connectivity index (χ2n) is 5.96. The van der Waals surface area contributed by atoms with Crippen molar-refractivity contribution in [3.05, 3.63) is 28.8 Å². The Balaban J connectivity index is 2.06. The average Bonchev–Trinajstić information content (AvgIpc) is 2.23. The summed E-state index contributed by atoms with van der Waals surface area (Å²) < 4.78 is 10.9. The van der Waals surface area contributed by atoms with Crippen molar-refractivity contribution in [2.24, 2.45) is 11.1 Å². The van der Waals surface area contributed by atoms with Gasteiger partial charge in [-0.25, -0.2) is 0 Å². The van der Waals surface area contributed by atoms with Gasteiger partial charge in [0.1, 0.15) is 5.75 Å². The van der Waals surface area contributed by atoms with E-state index in [0.717, 1.165) is 18.8 Å². The van der Waals surface area contributed by atoms with E-state index in [1.807, 2.05) is 32.0 Å². The maximum absolute atomic E-state index is 6.21. The summed E-state index contributed by atoms with van der Waals surface area (Å²) >= 11 is 6.21. The van der Waals surface area contributed by atoms with Crippen molar-refractivity contribution in [3.63, 3.8) is 0 Å². The Morgan fingerprint density at radius 3 is 2.56 bits per heavy atom. The molecule has 1 aromatic rings. The lowest BCUT2D eigenvalue weighted by molar-refractivity contribution is -0.120. The SMILES string of the molecule is CC1(COc2ccc(C(C)(C)N)cc2Cl)COC1. The lowest BCUT2D eigenvalue weighted by Crippen LogP contribution is -2.44. The molecule has 2 N–H and O–H groups in total. The quantitative estimate of drug-likeness (QED) is 0.914. The monoisotopic (exact) mass is 269 g/mol. The molecule has 0 aromatic heterocycles. The Labute approximate surface area is 113 Å². The van der Waals surface area contributed by atoms with Crippen LogP contribution in [0.3, 0.4) is 0 Å². The molecule has 0 amide bonds. The van der Waals surface area contributed by atoms with Crippen LogP contribution in [0.1, 0.15) is 26.3 Å². The van der Waals surface area contributed by atoms with E-state index in [1.54, 1.807) is 0 Å². The Bertz CT molecular complexity index is 436. The predicted molar refractivity (Wildman–Crippen MR) is 73.1 cm³/mol. The Morgan fingerprint density at radius 2 is 2.11 bits per heavy atom. The molecular formula is C14H20ClNO2. The van der Waals surface area contributed by atoms with Crippen LogP contribution in [0.5, 0.6) is 5.75 Å². The summed E-state index contributed by atoms with van der Waals surface area (Å²) in [6, 6.07) is 5.71. The minimum atomic E-state index is -0.393. The average molecular weight is 270 g/mol. The van der Waals surface area contributed by atoms with Crippen LogP contribution >= 0.6 is 11.6 Å². The van der Waals surface area contributed by atoms with Gasteiger partial charge in [-0.3, -0.25) is 0 Å². The van der Waals surface area contributed by atoms with Gasteiger partial charge in [0.25, 0.3) is 0 Å². The second kappa shape index (κ2) is 4.72. The molecule has 1 aliphatic rings.